The Kier molecular flexibility index (Phi) is 7.38. The Labute approximate surface area is 172 Å². The lowest BCUT2D eigenvalue weighted by atomic mass is 10.2. The van der Waals surface area contributed by atoms with Gasteiger partial charge in [-0.1, -0.05) is 12.1 Å². The molecule has 1 fully saturated rings. The van der Waals surface area contributed by atoms with Gasteiger partial charge in [-0.15, -0.1) is 0 Å². The molecule has 0 radical (unpaired) electrons. The van der Waals surface area contributed by atoms with Gasteiger partial charge in [-0.25, -0.2) is 0 Å². The fourth-order valence-corrected chi connectivity index (χ4v) is 3.09. The van der Waals surface area contributed by atoms with Crippen LogP contribution in [-0.2, 0) is 4.79 Å². The normalized spacial score (nSPS) is 15.2. The quantitative estimate of drug-likeness (QED) is 0.323. The average molecular weight is 401 g/mol. The number of hydrogen-bond donors (Lipinski definition) is 3. The first-order valence-corrected chi connectivity index (χ1v) is 10.6. The minimum atomic E-state index is -0.0622. The SMILES string of the molecule is CCNC(=NCCCC(=O)NC1CC1)NC(C)c1cc2cccc(OCC)c2o1. The lowest BCUT2D eigenvalue weighted by molar-refractivity contribution is -0.121. The van der Waals surface area contributed by atoms with Gasteiger partial charge in [0.2, 0.25) is 5.91 Å². The van der Waals surface area contributed by atoms with Gasteiger partial charge in [-0.2, -0.15) is 0 Å². The van der Waals surface area contributed by atoms with Crippen LogP contribution in [0.4, 0.5) is 0 Å². The van der Waals surface area contributed by atoms with E-state index in [0.717, 1.165) is 48.3 Å². The van der Waals surface area contributed by atoms with Crippen molar-refractivity contribution >= 4 is 22.8 Å². The first kappa shape index (κ1) is 21.0. The number of nitrogens with one attached hydrogen (secondary N) is 3. The first-order chi connectivity index (χ1) is 14.1. The molecule has 2 aromatic rings. The van der Waals surface area contributed by atoms with Crippen molar-refractivity contribution in [2.24, 2.45) is 4.99 Å². The third-order valence-electron chi connectivity index (χ3n) is 4.73. The molecule has 1 aliphatic rings. The van der Waals surface area contributed by atoms with Gasteiger partial charge in [-0.3, -0.25) is 9.79 Å². The number of nitrogens with zero attached hydrogens (tertiary/aromatic N) is 1. The Hall–Kier alpha value is -2.70. The van der Waals surface area contributed by atoms with E-state index in [1.165, 1.54) is 0 Å². The smallest absolute Gasteiger partial charge is 0.220 e. The van der Waals surface area contributed by atoms with E-state index in [2.05, 4.69) is 20.9 Å². The summed E-state index contributed by atoms with van der Waals surface area (Å²) in [5.74, 6) is 2.42. The molecule has 1 amide bonds. The maximum absolute atomic E-state index is 11.8. The molecule has 29 heavy (non-hydrogen) atoms. The molecular weight excluding hydrogens is 368 g/mol. The molecule has 1 saturated carbocycles. The lowest BCUT2D eigenvalue weighted by Gasteiger charge is -2.16. The Morgan fingerprint density at radius 2 is 2.17 bits per heavy atom. The molecule has 3 N–H and O–H groups in total. The minimum Gasteiger partial charge on any atom is -0.490 e. The molecule has 158 valence electrons. The summed E-state index contributed by atoms with van der Waals surface area (Å²) in [6.45, 7) is 7.97. The highest BCUT2D eigenvalue weighted by atomic mass is 16.5. The van der Waals surface area contributed by atoms with Crippen molar-refractivity contribution in [1.29, 1.82) is 0 Å². The zero-order valence-electron chi connectivity index (χ0n) is 17.6. The summed E-state index contributed by atoms with van der Waals surface area (Å²) in [7, 11) is 0. The summed E-state index contributed by atoms with van der Waals surface area (Å²) in [6, 6.07) is 8.29. The van der Waals surface area contributed by atoms with E-state index in [4.69, 9.17) is 9.15 Å². The molecular formula is C22H32N4O3. The Balaban J connectivity index is 1.58. The molecule has 1 unspecified atom stereocenters. The molecule has 0 bridgehead atoms. The monoisotopic (exact) mass is 400 g/mol. The molecule has 7 nitrogen and oxygen atoms in total. The highest BCUT2D eigenvalue weighted by Gasteiger charge is 2.22. The van der Waals surface area contributed by atoms with E-state index < -0.39 is 0 Å². The van der Waals surface area contributed by atoms with Gasteiger partial charge in [0.15, 0.2) is 17.3 Å². The summed E-state index contributed by atoms with van der Waals surface area (Å²) in [5, 5.41) is 10.7. The van der Waals surface area contributed by atoms with Gasteiger partial charge in [0, 0.05) is 30.9 Å². The predicted molar refractivity (Wildman–Crippen MR) is 115 cm³/mol. The predicted octanol–water partition coefficient (Wildman–Crippen LogP) is 3.51. The Morgan fingerprint density at radius 3 is 2.90 bits per heavy atom. The second kappa shape index (κ2) is 10.2. The van der Waals surface area contributed by atoms with Crippen LogP contribution in [0.2, 0.25) is 0 Å². The number of amides is 1. The summed E-state index contributed by atoms with van der Waals surface area (Å²) in [6.07, 6.45) is 3.47. The van der Waals surface area contributed by atoms with Gasteiger partial charge in [0.05, 0.1) is 12.6 Å². The van der Waals surface area contributed by atoms with Crippen molar-refractivity contribution in [2.75, 3.05) is 19.7 Å². The van der Waals surface area contributed by atoms with Gasteiger partial charge in [0.25, 0.3) is 0 Å². The fraction of sp³-hybridized carbons (Fsp3) is 0.545. The summed E-state index contributed by atoms with van der Waals surface area (Å²) < 4.78 is 11.7. The highest BCUT2D eigenvalue weighted by molar-refractivity contribution is 5.84. The molecule has 1 heterocycles. The number of hydrogen-bond acceptors (Lipinski definition) is 4. The number of benzene rings is 1. The maximum atomic E-state index is 11.8. The summed E-state index contributed by atoms with van der Waals surface area (Å²) in [4.78, 5) is 16.4. The van der Waals surface area contributed by atoms with Crippen molar-refractivity contribution in [3.8, 4) is 5.75 Å². The van der Waals surface area contributed by atoms with Crippen LogP contribution < -0.4 is 20.7 Å². The van der Waals surface area contributed by atoms with Crippen LogP contribution in [0, 0.1) is 0 Å². The van der Waals surface area contributed by atoms with E-state index >= 15 is 0 Å². The topological polar surface area (TPSA) is 87.9 Å². The van der Waals surface area contributed by atoms with Crippen LogP contribution in [0.15, 0.2) is 33.7 Å². The molecule has 1 atom stereocenters. The van der Waals surface area contributed by atoms with E-state index in [-0.39, 0.29) is 11.9 Å². The Bertz CT molecular complexity index is 842. The maximum Gasteiger partial charge on any atom is 0.220 e. The first-order valence-electron chi connectivity index (χ1n) is 10.6. The van der Waals surface area contributed by atoms with Crippen molar-refractivity contribution in [3.63, 3.8) is 0 Å². The molecule has 0 aliphatic heterocycles. The molecule has 0 spiro atoms. The number of carbonyl (C=O) groups is 1. The molecule has 1 aromatic heterocycles. The van der Waals surface area contributed by atoms with E-state index in [1.54, 1.807) is 0 Å². The molecule has 1 aliphatic carbocycles. The molecule has 3 rings (SSSR count). The summed E-state index contributed by atoms with van der Waals surface area (Å²) >= 11 is 0. The van der Waals surface area contributed by atoms with Crippen LogP contribution in [0.1, 0.15) is 58.3 Å². The van der Waals surface area contributed by atoms with Crippen LogP contribution in [-0.4, -0.2) is 37.6 Å². The highest BCUT2D eigenvalue weighted by Crippen LogP contribution is 2.31. The van der Waals surface area contributed by atoms with Crippen LogP contribution in [0.25, 0.3) is 11.0 Å². The second-order valence-electron chi connectivity index (χ2n) is 7.33. The summed E-state index contributed by atoms with van der Waals surface area (Å²) in [5.41, 5.74) is 0.765. The van der Waals surface area contributed by atoms with Crippen molar-refractivity contribution in [1.82, 2.24) is 16.0 Å². The largest absolute Gasteiger partial charge is 0.490 e. The van der Waals surface area contributed by atoms with Crippen LogP contribution in [0.3, 0.4) is 0 Å². The number of ether oxygens (including phenoxy) is 1. The molecule has 1 aromatic carbocycles. The molecule has 0 saturated heterocycles. The number of rotatable bonds is 10. The van der Waals surface area contributed by atoms with Crippen LogP contribution >= 0.6 is 0 Å². The zero-order chi connectivity index (χ0) is 20.6. The number of aliphatic imine (C=N–C) groups is 1. The minimum absolute atomic E-state index is 0.0622. The Morgan fingerprint density at radius 1 is 1.34 bits per heavy atom. The van der Waals surface area contributed by atoms with Gasteiger partial charge >= 0.3 is 0 Å². The number of guanidine groups is 1. The average Bonchev–Trinajstić information content (AvgIpc) is 3.39. The van der Waals surface area contributed by atoms with E-state index in [0.29, 0.717) is 31.6 Å². The van der Waals surface area contributed by atoms with E-state index in [1.807, 2.05) is 45.0 Å². The van der Waals surface area contributed by atoms with Crippen molar-refractivity contribution < 1.29 is 13.9 Å². The lowest BCUT2D eigenvalue weighted by Crippen LogP contribution is -2.38. The van der Waals surface area contributed by atoms with Gasteiger partial charge in [-0.05, 0) is 52.2 Å². The zero-order valence-corrected chi connectivity index (χ0v) is 17.6. The number of para-hydroxylation sites is 1. The fourth-order valence-electron chi connectivity index (χ4n) is 3.09. The van der Waals surface area contributed by atoms with Gasteiger partial charge in [0.1, 0.15) is 5.76 Å². The number of furan rings is 1. The third kappa shape index (κ3) is 6.14. The third-order valence-corrected chi connectivity index (χ3v) is 4.73. The van der Waals surface area contributed by atoms with Crippen molar-refractivity contribution in [2.45, 2.75) is 58.5 Å². The van der Waals surface area contributed by atoms with Crippen molar-refractivity contribution in [3.05, 3.63) is 30.0 Å². The number of fused-ring (bicyclic) bond motifs is 1. The van der Waals surface area contributed by atoms with Crippen LogP contribution in [0.5, 0.6) is 5.75 Å². The number of carbonyl (C=O) groups excluding carboxylic acids is 1. The molecule has 7 heteroatoms. The second-order valence-corrected chi connectivity index (χ2v) is 7.33. The van der Waals surface area contributed by atoms with Gasteiger partial charge < -0.3 is 25.1 Å². The van der Waals surface area contributed by atoms with E-state index in [9.17, 15) is 4.79 Å². The standard InChI is InChI=1S/C22H32N4O3/c1-4-23-22(24-13-7-10-20(27)26-17-11-12-17)25-15(3)19-14-16-8-6-9-18(28-5-2)21(16)29-19/h6,8-9,14-15,17H,4-5,7,10-13H2,1-3H3,(H,26,27)(H2,23,24,25).